The van der Waals surface area contributed by atoms with Gasteiger partial charge in [0.05, 0.1) is 22.2 Å². The van der Waals surface area contributed by atoms with Crippen molar-refractivity contribution >= 4 is 23.0 Å². The van der Waals surface area contributed by atoms with Crippen LogP contribution in [0.25, 0.3) is 0 Å². The van der Waals surface area contributed by atoms with Crippen LogP contribution in [-0.4, -0.2) is 15.6 Å². The zero-order chi connectivity index (χ0) is 20.0. The van der Waals surface area contributed by atoms with Crippen molar-refractivity contribution in [2.75, 3.05) is 0 Å². The van der Waals surface area contributed by atoms with Gasteiger partial charge in [0.1, 0.15) is 5.75 Å². The highest BCUT2D eigenvalue weighted by Crippen LogP contribution is 2.48. The van der Waals surface area contributed by atoms with E-state index in [0.717, 1.165) is 22.6 Å². The minimum atomic E-state index is -0.679. The average molecular weight is 406 g/mol. The van der Waals surface area contributed by atoms with E-state index in [1.54, 1.807) is 18.2 Å². The third-order valence-corrected chi connectivity index (χ3v) is 5.53. The van der Waals surface area contributed by atoms with Gasteiger partial charge in [-0.15, -0.1) is 0 Å². The third-order valence-electron chi connectivity index (χ3n) is 5.28. The van der Waals surface area contributed by atoms with E-state index >= 15 is 0 Å². The summed E-state index contributed by atoms with van der Waals surface area (Å²) in [6.07, 6.45) is 0.000348. The molecule has 7 heteroatoms. The van der Waals surface area contributed by atoms with Crippen LogP contribution in [0.3, 0.4) is 0 Å². The topological polar surface area (TPSA) is 68.0 Å². The molecule has 0 radical (unpaired) electrons. The van der Waals surface area contributed by atoms with Crippen LogP contribution in [0.5, 0.6) is 5.75 Å². The van der Waals surface area contributed by atoms with Crippen molar-refractivity contribution in [3.05, 3.63) is 105 Å². The minimum absolute atomic E-state index is 0.0192. The van der Waals surface area contributed by atoms with Crippen LogP contribution in [0.1, 0.15) is 35.4 Å². The van der Waals surface area contributed by atoms with Crippen molar-refractivity contribution in [3.8, 4) is 5.75 Å². The fraction of sp³-hybridized carbons (Fsp3) is 0.136. The molecule has 2 aliphatic rings. The van der Waals surface area contributed by atoms with Crippen LogP contribution in [0, 0.1) is 10.1 Å². The summed E-state index contributed by atoms with van der Waals surface area (Å²) >= 11 is 6.02. The van der Waals surface area contributed by atoms with Gasteiger partial charge in [-0.05, 0) is 29.8 Å². The molecule has 0 saturated carbocycles. The van der Waals surface area contributed by atoms with Crippen LogP contribution < -0.4 is 4.74 Å². The van der Waals surface area contributed by atoms with Crippen molar-refractivity contribution in [1.82, 2.24) is 5.01 Å². The molecule has 29 heavy (non-hydrogen) atoms. The second-order valence-corrected chi connectivity index (χ2v) is 7.41. The average Bonchev–Trinajstić information content (AvgIpc) is 3.19. The lowest BCUT2D eigenvalue weighted by atomic mass is 9.96. The van der Waals surface area contributed by atoms with Crippen LogP contribution in [0.4, 0.5) is 5.69 Å². The van der Waals surface area contributed by atoms with Crippen LogP contribution in [0.2, 0.25) is 5.02 Å². The number of hydrogen-bond donors (Lipinski definition) is 0. The lowest BCUT2D eigenvalue weighted by Gasteiger charge is -2.37. The Morgan fingerprint density at radius 2 is 1.69 bits per heavy atom. The number of nitro benzene ring substituents is 1. The van der Waals surface area contributed by atoms with Crippen LogP contribution in [0.15, 0.2) is 77.9 Å². The maximum atomic E-state index is 11.6. The Morgan fingerprint density at radius 1 is 1.00 bits per heavy atom. The Hall–Kier alpha value is -3.38. The fourth-order valence-electron chi connectivity index (χ4n) is 3.92. The van der Waals surface area contributed by atoms with E-state index < -0.39 is 6.23 Å². The van der Waals surface area contributed by atoms with Gasteiger partial charge in [0.2, 0.25) is 6.23 Å². The summed E-state index contributed by atoms with van der Waals surface area (Å²) in [5.41, 5.74) is 3.40. The molecule has 2 atom stereocenters. The van der Waals surface area contributed by atoms with Crippen molar-refractivity contribution in [3.63, 3.8) is 0 Å². The predicted octanol–water partition coefficient (Wildman–Crippen LogP) is 5.49. The first-order chi connectivity index (χ1) is 14.1. The van der Waals surface area contributed by atoms with Gasteiger partial charge in [0.15, 0.2) is 0 Å². The number of rotatable bonds is 3. The SMILES string of the molecule is O=[N+]([O-])c1ccccc1[C@@H]1Oc2ccccc2[C@@H]2CC(c3ccc(Cl)cc3)=NN21. The number of nitrogens with zero attached hydrogens (tertiary/aromatic N) is 3. The molecular formula is C22H16ClN3O3. The number of nitro groups is 1. The van der Waals surface area contributed by atoms with Gasteiger partial charge in [-0.25, -0.2) is 5.01 Å². The van der Waals surface area contributed by atoms with Crippen molar-refractivity contribution in [2.24, 2.45) is 5.10 Å². The molecule has 0 spiro atoms. The molecule has 3 aromatic carbocycles. The Bertz CT molecular complexity index is 1130. The number of benzene rings is 3. The normalized spacial score (nSPS) is 19.8. The third kappa shape index (κ3) is 3.02. The predicted molar refractivity (Wildman–Crippen MR) is 110 cm³/mol. The van der Waals surface area contributed by atoms with E-state index in [0.29, 0.717) is 17.0 Å². The molecule has 0 bridgehead atoms. The van der Waals surface area contributed by atoms with E-state index in [4.69, 9.17) is 21.4 Å². The van der Waals surface area contributed by atoms with Gasteiger partial charge in [0.25, 0.3) is 5.69 Å². The van der Waals surface area contributed by atoms with Gasteiger partial charge in [0, 0.05) is 23.1 Å². The number of para-hydroxylation sites is 2. The van der Waals surface area contributed by atoms with Gasteiger partial charge < -0.3 is 4.74 Å². The lowest BCUT2D eigenvalue weighted by molar-refractivity contribution is -0.386. The molecule has 0 saturated heterocycles. The molecule has 144 valence electrons. The first-order valence-electron chi connectivity index (χ1n) is 9.22. The quantitative estimate of drug-likeness (QED) is 0.426. The molecule has 0 aromatic heterocycles. The monoisotopic (exact) mass is 405 g/mol. The Labute approximate surface area is 172 Å². The number of halogens is 1. The highest BCUT2D eigenvalue weighted by Gasteiger charge is 2.42. The largest absolute Gasteiger partial charge is 0.464 e. The smallest absolute Gasteiger partial charge is 0.278 e. The summed E-state index contributed by atoms with van der Waals surface area (Å²) in [5.74, 6) is 0.726. The standard InChI is InChI=1S/C22H16ClN3O3/c23-15-11-9-14(10-12-15)18-13-20-16-5-2-4-8-21(16)29-22(25(20)24-18)17-6-1-3-7-19(17)26(27)28/h1-12,20,22H,13H2/t20-,22-/m0/s1. The van der Waals surface area contributed by atoms with E-state index in [2.05, 4.69) is 0 Å². The van der Waals surface area contributed by atoms with E-state index in [9.17, 15) is 10.1 Å². The zero-order valence-electron chi connectivity index (χ0n) is 15.2. The molecule has 5 rings (SSSR count). The van der Waals surface area contributed by atoms with Gasteiger partial charge >= 0.3 is 0 Å². The number of hydrazone groups is 1. The Kier molecular flexibility index (Phi) is 4.21. The number of hydrogen-bond acceptors (Lipinski definition) is 5. The molecule has 2 heterocycles. The second-order valence-electron chi connectivity index (χ2n) is 6.98. The molecule has 0 unspecified atom stereocenters. The van der Waals surface area contributed by atoms with Gasteiger partial charge in [-0.2, -0.15) is 5.10 Å². The summed E-state index contributed by atoms with van der Waals surface area (Å²) in [6, 6.07) is 21.9. The first-order valence-corrected chi connectivity index (χ1v) is 9.60. The summed E-state index contributed by atoms with van der Waals surface area (Å²) in [6.45, 7) is 0. The minimum Gasteiger partial charge on any atom is -0.464 e. The molecule has 0 N–H and O–H groups in total. The molecule has 3 aromatic rings. The summed E-state index contributed by atoms with van der Waals surface area (Å²) in [5, 5.41) is 18.9. The lowest BCUT2D eigenvalue weighted by Crippen LogP contribution is -2.34. The van der Waals surface area contributed by atoms with Gasteiger partial charge in [-0.3, -0.25) is 10.1 Å². The summed E-state index contributed by atoms with van der Waals surface area (Å²) in [7, 11) is 0. The van der Waals surface area contributed by atoms with Crippen molar-refractivity contribution in [2.45, 2.75) is 18.7 Å². The van der Waals surface area contributed by atoms with Crippen molar-refractivity contribution in [1.29, 1.82) is 0 Å². The molecule has 0 amide bonds. The van der Waals surface area contributed by atoms with E-state index in [1.807, 2.05) is 53.5 Å². The second kappa shape index (κ2) is 6.90. The molecule has 0 aliphatic carbocycles. The Balaban J connectivity index is 1.63. The van der Waals surface area contributed by atoms with E-state index in [-0.39, 0.29) is 16.7 Å². The Morgan fingerprint density at radius 3 is 2.45 bits per heavy atom. The van der Waals surface area contributed by atoms with Crippen LogP contribution in [-0.2, 0) is 0 Å². The number of fused-ring (bicyclic) bond motifs is 3. The maximum absolute atomic E-state index is 11.6. The van der Waals surface area contributed by atoms with E-state index in [1.165, 1.54) is 6.07 Å². The molecule has 2 aliphatic heterocycles. The highest BCUT2D eigenvalue weighted by atomic mass is 35.5. The first kappa shape index (κ1) is 17.7. The highest BCUT2D eigenvalue weighted by molar-refractivity contribution is 6.30. The zero-order valence-corrected chi connectivity index (χ0v) is 16.0. The summed E-state index contributed by atoms with van der Waals surface area (Å²) in [4.78, 5) is 11.2. The van der Waals surface area contributed by atoms with Gasteiger partial charge in [-0.1, -0.05) is 54.1 Å². The maximum Gasteiger partial charge on any atom is 0.278 e. The molecule has 6 nitrogen and oxygen atoms in total. The fourth-order valence-corrected chi connectivity index (χ4v) is 4.04. The number of ether oxygens (including phenoxy) is 1. The van der Waals surface area contributed by atoms with Crippen molar-refractivity contribution < 1.29 is 9.66 Å². The molecular weight excluding hydrogens is 390 g/mol. The van der Waals surface area contributed by atoms with Crippen LogP contribution >= 0.6 is 11.6 Å². The molecule has 0 fully saturated rings. The summed E-state index contributed by atoms with van der Waals surface area (Å²) < 4.78 is 6.22.